The Morgan fingerprint density at radius 1 is 1.44 bits per heavy atom. The maximum absolute atomic E-state index is 5.22. The number of likely N-dealkylation sites (tertiary alicyclic amines) is 1. The molecule has 1 aliphatic carbocycles. The van der Waals surface area contributed by atoms with Crippen LogP contribution in [-0.4, -0.2) is 35.6 Å². The quantitative estimate of drug-likeness (QED) is 0.817. The van der Waals surface area contributed by atoms with Crippen molar-refractivity contribution in [3.05, 3.63) is 30.0 Å². The van der Waals surface area contributed by atoms with Gasteiger partial charge in [-0.25, -0.2) is 4.98 Å². The second-order valence-corrected chi connectivity index (χ2v) is 5.51. The summed E-state index contributed by atoms with van der Waals surface area (Å²) < 4.78 is 5.22. The van der Waals surface area contributed by atoms with Crippen LogP contribution in [0.1, 0.15) is 25.8 Å². The highest BCUT2D eigenvalue weighted by molar-refractivity contribution is 5.73. The Kier molecular flexibility index (Phi) is 2.86. The van der Waals surface area contributed by atoms with Crippen LogP contribution in [0.15, 0.2) is 24.4 Å². The summed E-state index contributed by atoms with van der Waals surface area (Å²) in [7, 11) is 1.67. The number of pyridine rings is 1. The van der Waals surface area contributed by atoms with Gasteiger partial charge >= 0.3 is 0 Å². The van der Waals surface area contributed by atoms with Crippen LogP contribution >= 0.6 is 0 Å². The van der Waals surface area contributed by atoms with Crippen LogP contribution in [0.5, 0.6) is 5.88 Å². The topological polar surface area (TPSA) is 25.4 Å². The Hall–Kier alpha value is -1.35. The van der Waals surface area contributed by atoms with Crippen molar-refractivity contribution in [2.75, 3.05) is 13.7 Å². The molecule has 1 fully saturated rings. The molecule has 2 atom stereocenters. The van der Waals surface area contributed by atoms with Crippen molar-refractivity contribution in [1.29, 1.82) is 0 Å². The Bertz CT molecular complexity index is 481. The summed E-state index contributed by atoms with van der Waals surface area (Å²) in [6.45, 7) is 5.78. The van der Waals surface area contributed by atoms with Crippen molar-refractivity contribution in [1.82, 2.24) is 9.88 Å². The van der Waals surface area contributed by atoms with Gasteiger partial charge in [-0.15, -0.1) is 0 Å². The molecule has 3 heteroatoms. The van der Waals surface area contributed by atoms with E-state index in [2.05, 4.69) is 35.9 Å². The zero-order chi connectivity index (χ0) is 12.7. The van der Waals surface area contributed by atoms with Crippen LogP contribution < -0.4 is 4.74 Å². The minimum atomic E-state index is 0.585. The summed E-state index contributed by atoms with van der Waals surface area (Å²) in [5.41, 5.74) is 2.72. The average Bonchev–Trinajstić information content (AvgIpc) is 2.98. The van der Waals surface area contributed by atoms with Crippen LogP contribution in [0.2, 0.25) is 0 Å². The minimum Gasteiger partial charge on any atom is -0.481 e. The molecule has 0 aromatic carbocycles. The fourth-order valence-electron chi connectivity index (χ4n) is 3.25. The molecule has 1 aromatic heterocycles. The predicted molar refractivity (Wildman–Crippen MR) is 72.5 cm³/mol. The van der Waals surface area contributed by atoms with E-state index in [-0.39, 0.29) is 0 Å². The maximum atomic E-state index is 5.22. The summed E-state index contributed by atoms with van der Waals surface area (Å²) in [6.07, 6.45) is 5.55. The normalized spacial score (nSPS) is 26.8. The second kappa shape index (κ2) is 4.39. The number of aromatic nitrogens is 1. The molecule has 3 nitrogen and oxygen atoms in total. The number of fused-ring (bicyclic) bond motifs is 2. The van der Waals surface area contributed by atoms with Crippen LogP contribution in [-0.2, 0) is 0 Å². The summed E-state index contributed by atoms with van der Waals surface area (Å²) in [5.74, 6) is 1.43. The number of ether oxygens (including phenoxy) is 1. The van der Waals surface area contributed by atoms with Crippen molar-refractivity contribution < 1.29 is 4.74 Å². The SMILES string of the molecule is COc1cc(C2=CC3CC2N(C(C)C)C3)ccn1. The molecule has 0 saturated carbocycles. The lowest BCUT2D eigenvalue weighted by Gasteiger charge is -2.31. The summed E-state index contributed by atoms with van der Waals surface area (Å²) in [5, 5.41) is 0. The van der Waals surface area contributed by atoms with Crippen molar-refractivity contribution in [2.24, 2.45) is 5.92 Å². The largest absolute Gasteiger partial charge is 0.481 e. The minimum absolute atomic E-state index is 0.585. The van der Waals surface area contributed by atoms with E-state index >= 15 is 0 Å². The molecular weight excluding hydrogens is 224 g/mol. The van der Waals surface area contributed by atoms with Gasteiger partial charge in [0.2, 0.25) is 5.88 Å². The van der Waals surface area contributed by atoms with Crippen molar-refractivity contribution >= 4 is 5.57 Å². The molecule has 3 rings (SSSR count). The zero-order valence-electron chi connectivity index (χ0n) is 11.3. The van der Waals surface area contributed by atoms with Gasteiger partial charge in [-0.1, -0.05) is 6.08 Å². The maximum Gasteiger partial charge on any atom is 0.213 e. The first kappa shape index (κ1) is 11.7. The van der Waals surface area contributed by atoms with Gasteiger partial charge in [0.05, 0.1) is 7.11 Å². The fraction of sp³-hybridized carbons (Fsp3) is 0.533. The average molecular weight is 244 g/mol. The van der Waals surface area contributed by atoms with Crippen LogP contribution in [0.25, 0.3) is 5.57 Å². The molecule has 2 aliphatic rings. The van der Waals surface area contributed by atoms with E-state index < -0.39 is 0 Å². The Balaban J connectivity index is 1.91. The Morgan fingerprint density at radius 2 is 2.28 bits per heavy atom. The van der Waals surface area contributed by atoms with E-state index in [9.17, 15) is 0 Å². The standard InChI is InChI=1S/C15H20N2O/c1-10(2)17-9-11-6-13(14(17)7-11)12-4-5-16-15(8-12)18-3/h4-6,8,10-11,14H,7,9H2,1-3H3. The molecule has 2 unspecified atom stereocenters. The van der Waals surface area contributed by atoms with Crippen LogP contribution in [0, 0.1) is 5.92 Å². The first-order valence-electron chi connectivity index (χ1n) is 6.67. The van der Waals surface area contributed by atoms with Gasteiger partial charge in [0.25, 0.3) is 0 Å². The molecular formula is C15H20N2O. The zero-order valence-corrected chi connectivity index (χ0v) is 11.3. The van der Waals surface area contributed by atoms with E-state index in [4.69, 9.17) is 4.74 Å². The van der Waals surface area contributed by atoms with E-state index in [1.165, 1.54) is 24.1 Å². The van der Waals surface area contributed by atoms with Gasteiger partial charge in [-0.3, -0.25) is 4.90 Å². The van der Waals surface area contributed by atoms with Crippen LogP contribution in [0.3, 0.4) is 0 Å². The molecule has 0 radical (unpaired) electrons. The predicted octanol–water partition coefficient (Wildman–Crippen LogP) is 2.59. The third kappa shape index (κ3) is 1.83. The molecule has 2 heterocycles. The van der Waals surface area contributed by atoms with Gasteiger partial charge in [-0.05, 0) is 43.4 Å². The molecule has 0 spiro atoms. The monoisotopic (exact) mass is 244 g/mol. The van der Waals surface area contributed by atoms with E-state index in [1.807, 2.05) is 12.3 Å². The molecule has 0 N–H and O–H groups in total. The summed E-state index contributed by atoms with van der Waals surface area (Å²) >= 11 is 0. The Labute approximate surface area is 108 Å². The van der Waals surface area contributed by atoms with Gasteiger partial charge in [0.15, 0.2) is 0 Å². The van der Waals surface area contributed by atoms with Crippen molar-refractivity contribution in [2.45, 2.75) is 32.4 Å². The number of methoxy groups -OCH3 is 1. The summed E-state index contributed by atoms with van der Waals surface area (Å²) in [4.78, 5) is 6.79. The second-order valence-electron chi connectivity index (χ2n) is 5.51. The summed E-state index contributed by atoms with van der Waals surface area (Å²) in [6, 6.07) is 5.34. The Morgan fingerprint density at radius 3 is 2.94 bits per heavy atom. The van der Waals surface area contributed by atoms with Crippen LogP contribution in [0.4, 0.5) is 0 Å². The fourth-order valence-corrected chi connectivity index (χ4v) is 3.25. The van der Waals surface area contributed by atoms with Crippen molar-refractivity contribution in [3.8, 4) is 5.88 Å². The highest BCUT2D eigenvalue weighted by Gasteiger charge is 2.40. The lowest BCUT2D eigenvalue weighted by Crippen LogP contribution is -2.37. The highest BCUT2D eigenvalue weighted by atomic mass is 16.5. The van der Waals surface area contributed by atoms with Gasteiger partial charge in [0.1, 0.15) is 0 Å². The molecule has 1 aromatic rings. The van der Waals surface area contributed by atoms with E-state index in [0.29, 0.717) is 18.0 Å². The van der Waals surface area contributed by atoms with E-state index in [1.54, 1.807) is 7.11 Å². The van der Waals surface area contributed by atoms with Gasteiger partial charge < -0.3 is 4.74 Å². The van der Waals surface area contributed by atoms with E-state index in [0.717, 1.165) is 5.92 Å². The molecule has 96 valence electrons. The number of hydrogen-bond donors (Lipinski definition) is 0. The molecule has 1 aliphatic heterocycles. The smallest absolute Gasteiger partial charge is 0.213 e. The third-order valence-electron chi connectivity index (χ3n) is 4.09. The molecule has 2 bridgehead atoms. The van der Waals surface area contributed by atoms with Crippen molar-refractivity contribution in [3.63, 3.8) is 0 Å². The molecule has 0 amide bonds. The number of hydrogen-bond acceptors (Lipinski definition) is 3. The van der Waals surface area contributed by atoms with Gasteiger partial charge in [0, 0.05) is 30.9 Å². The first-order chi connectivity index (χ1) is 8.69. The molecule has 18 heavy (non-hydrogen) atoms. The first-order valence-corrected chi connectivity index (χ1v) is 6.67. The van der Waals surface area contributed by atoms with Gasteiger partial charge in [-0.2, -0.15) is 0 Å². The third-order valence-corrected chi connectivity index (χ3v) is 4.09. The lowest BCUT2D eigenvalue weighted by molar-refractivity contribution is 0.231. The lowest BCUT2D eigenvalue weighted by atomic mass is 10.00. The molecule has 1 saturated heterocycles. The number of rotatable bonds is 3. The highest BCUT2D eigenvalue weighted by Crippen LogP contribution is 2.42. The number of nitrogens with zero attached hydrogens (tertiary/aromatic N) is 2.